The molecule has 3 nitrogen and oxygen atoms in total. The van der Waals surface area contributed by atoms with Crippen LogP contribution in [-0.4, -0.2) is 38.5 Å². The van der Waals surface area contributed by atoms with Gasteiger partial charge in [0.25, 0.3) is 0 Å². The first-order valence-corrected chi connectivity index (χ1v) is 7.32. The van der Waals surface area contributed by atoms with Crippen molar-refractivity contribution in [3.63, 3.8) is 0 Å². The first-order valence-electron chi connectivity index (χ1n) is 6.69. The minimum absolute atomic E-state index is 0.979. The third kappa shape index (κ3) is 15.8. The molecule has 0 bridgehead atoms. The summed E-state index contributed by atoms with van der Waals surface area (Å²) in [7, 11) is 0. The molecule has 0 atom stereocenters. The summed E-state index contributed by atoms with van der Waals surface area (Å²) in [6, 6.07) is 0. The van der Waals surface area contributed by atoms with Crippen LogP contribution >= 0.6 is 12.6 Å². The van der Waals surface area contributed by atoms with Crippen molar-refractivity contribution in [1.82, 2.24) is 16.0 Å². The molecule has 0 aliphatic heterocycles. The van der Waals surface area contributed by atoms with Crippen LogP contribution in [0.1, 0.15) is 32.6 Å². The molecular formula is C13H29N3S. The lowest BCUT2D eigenvalue weighted by molar-refractivity contribution is 0.568. The Kier molecular flexibility index (Phi) is 13.7. The van der Waals surface area contributed by atoms with Crippen molar-refractivity contribution in [1.29, 1.82) is 0 Å². The second-order valence-electron chi connectivity index (χ2n) is 4.34. The Bertz CT molecular complexity index is 174. The predicted octanol–water partition coefficient (Wildman–Crippen LogP) is 1.78. The summed E-state index contributed by atoms with van der Waals surface area (Å²) >= 11 is 4.17. The third-order valence-electron chi connectivity index (χ3n) is 2.43. The average molecular weight is 259 g/mol. The van der Waals surface area contributed by atoms with Crippen molar-refractivity contribution in [2.24, 2.45) is 0 Å². The molecule has 0 aromatic heterocycles. The van der Waals surface area contributed by atoms with E-state index in [1.165, 1.54) is 12.8 Å². The molecule has 17 heavy (non-hydrogen) atoms. The van der Waals surface area contributed by atoms with Crippen LogP contribution < -0.4 is 16.0 Å². The molecule has 0 saturated heterocycles. The van der Waals surface area contributed by atoms with Crippen LogP contribution in [0.3, 0.4) is 0 Å². The van der Waals surface area contributed by atoms with Crippen molar-refractivity contribution in [3.05, 3.63) is 12.3 Å². The van der Waals surface area contributed by atoms with Gasteiger partial charge in [0.15, 0.2) is 0 Å². The van der Waals surface area contributed by atoms with Gasteiger partial charge in [0.05, 0.1) is 0 Å². The number of nitrogens with one attached hydrogen (secondary N) is 3. The van der Waals surface area contributed by atoms with Gasteiger partial charge in [0.2, 0.25) is 0 Å². The van der Waals surface area contributed by atoms with Crippen LogP contribution in [0.15, 0.2) is 12.3 Å². The van der Waals surface area contributed by atoms with E-state index in [4.69, 9.17) is 0 Å². The van der Waals surface area contributed by atoms with Crippen LogP contribution in [-0.2, 0) is 0 Å². The fraction of sp³-hybridized carbons (Fsp3) is 0.846. The van der Waals surface area contributed by atoms with Gasteiger partial charge in [-0.15, -0.1) is 0 Å². The van der Waals surface area contributed by atoms with Crippen LogP contribution in [0.4, 0.5) is 0 Å². The molecule has 0 aliphatic rings. The number of rotatable bonds is 13. The first-order chi connectivity index (χ1) is 8.27. The summed E-state index contributed by atoms with van der Waals surface area (Å²) in [5.41, 5.74) is 1.05. The van der Waals surface area contributed by atoms with E-state index in [0.717, 1.165) is 57.0 Å². The van der Waals surface area contributed by atoms with E-state index in [-0.39, 0.29) is 0 Å². The largest absolute Gasteiger partial charge is 0.389 e. The first kappa shape index (κ1) is 16.8. The van der Waals surface area contributed by atoms with E-state index >= 15 is 0 Å². The quantitative estimate of drug-likeness (QED) is 0.301. The van der Waals surface area contributed by atoms with Crippen molar-refractivity contribution in [3.8, 4) is 0 Å². The molecule has 0 fully saturated rings. The zero-order chi connectivity index (χ0) is 12.8. The van der Waals surface area contributed by atoms with E-state index < -0.39 is 0 Å². The van der Waals surface area contributed by atoms with Gasteiger partial charge in [-0.2, -0.15) is 12.6 Å². The Morgan fingerprint density at radius 1 is 0.882 bits per heavy atom. The zero-order valence-corrected chi connectivity index (χ0v) is 12.1. The van der Waals surface area contributed by atoms with E-state index in [1.807, 2.05) is 6.92 Å². The summed E-state index contributed by atoms with van der Waals surface area (Å²) in [6.45, 7) is 11.3. The highest BCUT2D eigenvalue weighted by Crippen LogP contribution is 1.87. The molecule has 0 aromatic carbocycles. The fourth-order valence-electron chi connectivity index (χ4n) is 1.47. The maximum Gasteiger partial charge on any atom is 0.0155 e. The highest BCUT2D eigenvalue weighted by molar-refractivity contribution is 7.80. The third-order valence-corrected chi connectivity index (χ3v) is 2.74. The predicted molar refractivity (Wildman–Crippen MR) is 80.9 cm³/mol. The molecule has 0 spiro atoms. The fourth-order valence-corrected chi connectivity index (χ4v) is 1.63. The van der Waals surface area contributed by atoms with Crippen LogP contribution in [0.2, 0.25) is 0 Å². The van der Waals surface area contributed by atoms with Crippen molar-refractivity contribution < 1.29 is 0 Å². The highest BCUT2D eigenvalue weighted by atomic mass is 32.1. The Hall–Kier alpha value is -0.190. The number of thiol groups is 1. The van der Waals surface area contributed by atoms with Gasteiger partial charge in [0, 0.05) is 12.2 Å². The molecule has 0 radical (unpaired) electrons. The van der Waals surface area contributed by atoms with Crippen molar-refractivity contribution >= 4 is 12.6 Å². The number of hydrogen-bond acceptors (Lipinski definition) is 4. The summed E-state index contributed by atoms with van der Waals surface area (Å²) in [6.07, 6.45) is 4.83. The van der Waals surface area contributed by atoms with Crippen molar-refractivity contribution in [2.45, 2.75) is 32.6 Å². The molecule has 102 valence electrons. The topological polar surface area (TPSA) is 36.1 Å². The summed E-state index contributed by atoms with van der Waals surface area (Å²) in [5.74, 6) is 0.979. The molecule has 0 unspecified atom stereocenters. The monoisotopic (exact) mass is 259 g/mol. The maximum absolute atomic E-state index is 4.17. The Morgan fingerprint density at radius 2 is 1.41 bits per heavy atom. The smallest absolute Gasteiger partial charge is 0.0155 e. The van der Waals surface area contributed by atoms with Gasteiger partial charge in [-0.3, -0.25) is 0 Å². The maximum atomic E-state index is 4.17. The van der Waals surface area contributed by atoms with E-state index in [2.05, 4.69) is 35.2 Å². The molecule has 0 aliphatic carbocycles. The van der Waals surface area contributed by atoms with E-state index in [1.54, 1.807) is 0 Å². The van der Waals surface area contributed by atoms with Gasteiger partial charge < -0.3 is 16.0 Å². The van der Waals surface area contributed by atoms with Gasteiger partial charge in [-0.1, -0.05) is 6.58 Å². The summed E-state index contributed by atoms with van der Waals surface area (Å²) < 4.78 is 0. The molecule has 0 aromatic rings. The Morgan fingerprint density at radius 3 is 1.94 bits per heavy atom. The molecule has 4 heteroatoms. The van der Waals surface area contributed by atoms with Gasteiger partial charge in [-0.05, 0) is 64.5 Å². The second-order valence-corrected chi connectivity index (χ2v) is 4.79. The Labute approximate surface area is 112 Å². The minimum Gasteiger partial charge on any atom is -0.389 e. The highest BCUT2D eigenvalue weighted by Gasteiger charge is 1.90. The SMILES string of the molecule is C=C(C)NCCCNCCCCNCCCS. The lowest BCUT2D eigenvalue weighted by Crippen LogP contribution is -2.23. The molecule has 0 amide bonds. The van der Waals surface area contributed by atoms with Gasteiger partial charge in [-0.25, -0.2) is 0 Å². The Balaban J connectivity index is 2.91. The number of hydrogen-bond donors (Lipinski definition) is 4. The molecule has 3 N–H and O–H groups in total. The van der Waals surface area contributed by atoms with E-state index in [0.29, 0.717) is 0 Å². The van der Waals surface area contributed by atoms with Crippen LogP contribution in [0, 0.1) is 0 Å². The van der Waals surface area contributed by atoms with Crippen molar-refractivity contribution in [2.75, 3.05) is 38.5 Å². The van der Waals surface area contributed by atoms with Crippen LogP contribution in [0.25, 0.3) is 0 Å². The molecular weight excluding hydrogens is 230 g/mol. The molecule has 0 heterocycles. The van der Waals surface area contributed by atoms with E-state index in [9.17, 15) is 0 Å². The lowest BCUT2D eigenvalue weighted by atomic mass is 10.3. The lowest BCUT2D eigenvalue weighted by Gasteiger charge is -2.07. The minimum atomic E-state index is 0.979. The molecule has 0 saturated carbocycles. The normalized spacial score (nSPS) is 10.5. The second kappa shape index (κ2) is 13.9. The number of allylic oxidation sites excluding steroid dienone is 1. The van der Waals surface area contributed by atoms with Crippen LogP contribution in [0.5, 0.6) is 0 Å². The van der Waals surface area contributed by atoms with Gasteiger partial charge in [0.1, 0.15) is 0 Å². The molecule has 0 rings (SSSR count). The average Bonchev–Trinajstić information content (AvgIpc) is 2.30. The zero-order valence-electron chi connectivity index (χ0n) is 11.2. The number of unbranched alkanes of at least 4 members (excludes halogenated alkanes) is 1. The van der Waals surface area contributed by atoms with Gasteiger partial charge >= 0.3 is 0 Å². The standard InChI is InChI=1S/C13H29N3S/c1-13(2)16-11-5-9-14-7-3-4-8-15-10-6-12-17/h14-17H,1,3-12H2,2H3. The summed E-state index contributed by atoms with van der Waals surface area (Å²) in [5, 5.41) is 10.1. The summed E-state index contributed by atoms with van der Waals surface area (Å²) in [4.78, 5) is 0.